The van der Waals surface area contributed by atoms with E-state index in [9.17, 15) is 4.39 Å². The van der Waals surface area contributed by atoms with Crippen LogP contribution in [0.3, 0.4) is 0 Å². The predicted octanol–water partition coefficient (Wildman–Crippen LogP) is 4.29. The first-order valence-electron chi connectivity index (χ1n) is 7.67. The number of aromatic nitrogens is 1. The van der Waals surface area contributed by atoms with Gasteiger partial charge in [-0.3, -0.25) is 0 Å². The van der Waals surface area contributed by atoms with Crippen molar-refractivity contribution in [1.82, 2.24) is 9.88 Å². The van der Waals surface area contributed by atoms with Crippen molar-refractivity contribution in [2.24, 2.45) is 0 Å². The van der Waals surface area contributed by atoms with Gasteiger partial charge in [0.1, 0.15) is 5.82 Å². The molecule has 1 aromatic heterocycles. The topological polar surface area (TPSA) is 17.0 Å². The van der Waals surface area contributed by atoms with Crippen LogP contribution in [-0.4, -0.2) is 18.2 Å². The van der Waals surface area contributed by atoms with E-state index in [-0.39, 0.29) is 11.9 Å². The molecule has 0 aliphatic heterocycles. The molecule has 0 radical (unpaired) electrons. The lowest BCUT2D eigenvalue weighted by Gasteiger charge is -2.21. The Labute approximate surface area is 130 Å². The van der Waals surface area contributed by atoms with Crippen molar-refractivity contribution >= 4 is 10.9 Å². The summed E-state index contributed by atoms with van der Waals surface area (Å²) in [5.74, 6) is -0.156. The smallest absolute Gasteiger partial charge is 0.147 e. The molecule has 3 rings (SSSR count). The van der Waals surface area contributed by atoms with Crippen LogP contribution in [0.1, 0.15) is 23.6 Å². The van der Waals surface area contributed by atoms with E-state index >= 15 is 0 Å². The first kappa shape index (κ1) is 14.8. The summed E-state index contributed by atoms with van der Waals surface area (Å²) in [4.78, 5) is 0. The summed E-state index contributed by atoms with van der Waals surface area (Å²) in [5, 5.41) is 4.19. The number of benzene rings is 2. The van der Waals surface area contributed by atoms with Gasteiger partial charge in [0.05, 0.1) is 11.6 Å². The fourth-order valence-electron chi connectivity index (χ4n) is 3.11. The van der Waals surface area contributed by atoms with E-state index in [1.165, 1.54) is 5.56 Å². The van der Waals surface area contributed by atoms with Crippen molar-refractivity contribution in [1.29, 1.82) is 0 Å². The predicted molar refractivity (Wildman–Crippen MR) is 89.8 cm³/mol. The Hall–Kier alpha value is -2.13. The molecule has 0 aliphatic rings. The Bertz CT molecular complexity index is 762. The summed E-state index contributed by atoms with van der Waals surface area (Å²) < 4.78 is 16.5. The third-order valence-corrected chi connectivity index (χ3v) is 4.19. The molecular formula is C19H21FN2. The fourth-order valence-corrected chi connectivity index (χ4v) is 3.11. The molecule has 1 unspecified atom stereocenters. The average Bonchev–Trinajstić information content (AvgIpc) is 2.87. The minimum Gasteiger partial charge on any atom is -0.337 e. The van der Waals surface area contributed by atoms with Crippen molar-refractivity contribution in [2.45, 2.75) is 19.4 Å². The highest BCUT2D eigenvalue weighted by molar-refractivity contribution is 5.84. The second kappa shape index (κ2) is 6.32. The number of rotatable bonds is 5. The molecule has 1 heterocycles. The first-order chi connectivity index (χ1) is 10.7. The molecule has 0 amide bonds. The van der Waals surface area contributed by atoms with Gasteiger partial charge in [-0.25, -0.2) is 4.39 Å². The molecule has 2 aromatic carbocycles. The van der Waals surface area contributed by atoms with E-state index in [0.29, 0.717) is 5.52 Å². The summed E-state index contributed by atoms with van der Waals surface area (Å²) in [7, 11) is 1.95. The molecule has 0 bridgehead atoms. The number of hydrogen-bond donors (Lipinski definition) is 1. The zero-order valence-electron chi connectivity index (χ0n) is 13.0. The molecule has 3 heteroatoms. The molecule has 0 saturated heterocycles. The SMILES string of the molecule is CNCCC(c1ccccc1)n1cc(C)c2cccc(F)c21. The van der Waals surface area contributed by atoms with Crippen LogP contribution >= 0.6 is 0 Å². The van der Waals surface area contributed by atoms with Crippen LogP contribution in [0.25, 0.3) is 10.9 Å². The van der Waals surface area contributed by atoms with Crippen molar-refractivity contribution < 1.29 is 4.39 Å². The summed E-state index contributed by atoms with van der Waals surface area (Å²) in [6.07, 6.45) is 2.99. The van der Waals surface area contributed by atoms with Crippen molar-refractivity contribution in [3.8, 4) is 0 Å². The molecule has 0 fully saturated rings. The van der Waals surface area contributed by atoms with E-state index < -0.39 is 0 Å². The minimum atomic E-state index is -0.156. The number of nitrogens with one attached hydrogen (secondary N) is 1. The Kier molecular flexibility index (Phi) is 4.25. The van der Waals surface area contributed by atoms with E-state index in [4.69, 9.17) is 0 Å². The molecule has 114 valence electrons. The molecule has 3 aromatic rings. The summed E-state index contributed by atoms with van der Waals surface area (Å²) >= 11 is 0. The van der Waals surface area contributed by atoms with Gasteiger partial charge in [0, 0.05) is 11.6 Å². The first-order valence-corrected chi connectivity index (χ1v) is 7.67. The van der Waals surface area contributed by atoms with Gasteiger partial charge in [0.15, 0.2) is 0 Å². The third kappa shape index (κ3) is 2.64. The lowest BCUT2D eigenvalue weighted by atomic mass is 10.0. The van der Waals surface area contributed by atoms with Crippen molar-refractivity contribution in [3.63, 3.8) is 0 Å². The van der Waals surface area contributed by atoms with Crippen LogP contribution in [0, 0.1) is 12.7 Å². The maximum absolute atomic E-state index is 14.4. The van der Waals surface area contributed by atoms with Crippen molar-refractivity contribution in [3.05, 3.63) is 71.7 Å². The maximum Gasteiger partial charge on any atom is 0.147 e. The van der Waals surface area contributed by atoms with Crippen LogP contribution in [0.2, 0.25) is 0 Å². The zero-order chi connectivity index (χ0) is 15.5. The number of aryl methyl sites for hydroxylation is 1. The van der Waals surface area contributed by atoms with Gasteiger partial charge in [0.2, 0.25) is 0 Å². The van der Waals surface area contributed by atoms with Gasteiger partial charge in [-0.15, -0.1) is 0 Å². The molecule has 0 spiro atoms. The van der Waals surface area contributed by atoms with Gasteiger partial charge in [-0.05, 0) is 44.1 Å². The summed E-state index contributed by atoms with van der Waals surface area (Å²) in [5.41, 5.74) is 3.02. The Morgan fingerprint density at radius 1 is 1.09 bits per heavy atom. The molecule has 2 nitrogen and oxygen atoms in total. The standard InChI is InChI=1S/C19H21FN2/c1-14-13-22(19-16(14)9-6-10-17(19)20)18(11-12-21-2)15-7-4-3-5-8-15/h3-10,13,18,21H,11-12H2,1-2H3. The van der Waals surface area contributed by atoms with Gasteiger partial charge >= 0.3 is 0 Å². The molecule has 1 N–H and O–H groups in total. The van der Waals surface area contributed by atoms with Crippen LogP contribution < -0.4 is 5.32 Å². The fraction of sp³-hybridized carbons (Fsp3) is 0.263. The quantitative estimate of drug-likeness (QED) is 0.743. The van der Waals surface area contributed by atoms with Crippen LogP contribution in [0.15, 0.2) is 54.7 Å². The van der Waals surface area contributed by atoms with Crippen LogP contribution in [0.4, 0.5) is 4.39 Å². The van der Waals surface area contributed by atoms with Crippen LogP contribution in [0.5, 0.6) is 0 Å². The van der Waals surface area contributed by atoms with Crippen molar-refractivity contribution in [2.75, 3.05) is 13.6 Å². The lowest BCUT2D eigenvalue weighted by Crippen LogP contribution is -2.17. The number of nitrogens with zero attached hydrogens (tertiary/aromatic N) is 1. The third-order valence-electron chi connectivity index (χ3n) is 4.19. The zero-order valence-corrected chi connectivity index (χ0v) is 13.0. The summed E-state index contributed by atoms with van der Waals surface area (Å²) in [6, 6.07) is 15.8. The van der Waals surface area contributed by atoms with E-state index in [1.54, 1.807) is 12.1 Å². The van der Waals surface area contributed by atoms with E-state index in [2.05, 4.69) is 28.2 Å². The number of fused-ring (bicyclic) bond motifs is 1. The monoisotopic (exact) mass is 296 g/mol. The number of halogens is 1. The largest absolute Gasteiger partial charge is 0.337 e. The van der Waals surface area contributed by atoms with Gasteiger partial charge in [0.25, 0.3) is 0 Å². The molecule has 1 atom stereocenters. The normalized spacial score (nSPS) is 12.7. The van der Waals surface area contributed by atoms with Gasteiger partial charge in [-0.2, -0.15) is 0 Å². The second-order valence-corrected chi connectivity index (χ2v) is 5.67. The molecular weight excluding hydrogens is 275 g/mol. The highest BCUT2D eigenvalue weighted by Gasteiger charge is 2.18. The Morgan fingerprint density at radius 2 is 1.86 bits per heavy atom. The van der Waals surface area contributed by atoms with Crippen LogP contribution in [-0.2, 0) is 0 Å². The second-order valence-electron chi connectivity index (χ2n) is 5.67. The highest BCUT2D eigenvalue weighted by atomic mass is 19.1. The highest BCUT2D eigenvalue weighted by Crippen LogP contribution is 2.31. The summed E-state index contributed by atoms with van der Waals surface area (Å²) in [6.45, 7) is 2.92. The Balaban J connectivity index is 2.16. The van der Waals surface area contributed by atoms with Gasteiger partial charge in [-0.1, -0.05) is 42.5 Å². The number of para-hydroxylation sites is 1. The average molecular weight is 296 g/mol. The van der Waals surface area contributed by atoms with E-state index in [1.807, 2.05) is 38.2 Å². The molecule has 0 saturated carbocycles. The Morgan fingerprint density at radius 3 is 2.59 bits per heavy atom. The lowest BCUT2D eigenvalue weighted by molar-refractivity contribution is 0.529. The van der Waals surface area contributed by atoms with E-state index in [0.717, 1.165) is 23.9 Å². The minimum absolute atomic E-state index is 0.127. The van der Waals surface area contributed by atoms with Gasteiger partial charge < -0.3 is 9.88 Å². The molecule has 22 heavy (non-hydrogen) atoms. The maximum atomic E-state index is 14.4. The number of hydrogen-bond acceptors (Lipinski definition) is 1. The molecule has 0 aliphatic carbocycles.